The lowest BCUT2D eigenvalue weighted by Gasteiger charge is -2.30. The Balaban J connectivity index is 1.58. The second-order valence-electron chi connectivity index (χ2n) is 12.3. The van der Waals surface area contributed by atoms with Crippen LogP contribution in [0, 0.1) is 5.82 Å². The van der Waals surface area contributed by atoms with Crippen molar-refractivity contribution in [3.05, 3.63) is 76.2 Å². The third-order valence-electron chi connectivity index (χ3n) is 6.91. The number of benzene rings is 2. The molecule has 43 heavy (non-hydrogen) atoms. The van der Waals surface area contributed by atoms with Crippen LogP contribution in [0.15, 0.2) is 48.5 Å². The molecule has 1 saturated carbocycles. The third-order valence-corrected chi connectivity index (χ3v) is 7.20. The standard InChI is InChI=1S/C33H39ClFN3O5/c1-19(18-36-30(39)21-9-13-28(29(15-21)41-7)42-23-10-11-23)26-16-22(33(5,6)38-31(40)43-32(2,3)4)17-27(37-26)20-8-12-25(35)24(34)14-20/h8-9,12-17,19,23H,10-11,18H2,1-7H3,(H,36,39)(H,38,40). The minimum absolute atomic E-state index is 0.0262. The van der Waals surface area contributed by atoms with Gasteiger partial charge in [-0.1, -0.05) is 18.5 Å². The molecule has 1 unspecified atom stereocenters. The van der Waals surface area contributed by atoms with Crippen molar-refractivity contribution in [1.82, 2.24) is 15.6 Å². The summed E-state index contributed by atoms with van der Waals surface area (Å²) in [6, 6.07) is 13.2. The van der Waals surface area contributed by atoms with Crippen LogP contribution in [0.1, 0.15) is 81.9 Å². The minimum atomic E-state index is -0.859. The molecule has 1 fully saturated rings. The number of rotatable bonds is 10. The number of carbonyl (C=O) groups is 2. The van der Waals surface area contributed by atoms with Crippen molar-refractivity contribution in [1.29, 1.82) is 0 Å². The van der Waals surface area contributed by atoms with Gasteiger partial charge in [0.25, 0.3) is 5.91 Å². The van der Waals surface area contributed by atoms with E-state index < -0.39 is 23.1 Å². The molecule has 1 aliphatic carbocycles. The number of hydrogen-bond acceptors (Lipinski definition) is 6. The number of carbonyl (C=O) groups excluding carboxylic acids is 2. The molecule has 1 aliphatic rings. The number of pyridine rings is 1. The highest BCUT2D eigenvalue weighted by molar-refractivity contribution is 6.31. The molecule has 0 saturated heterocycles. The van der Waals surface area contributed by atoms with E-state index in [0.29, 0.717) is 34.0 Å². The number of alkyl carbamates (subject to hydrolysis) is 1. The molecule has 2 aromatic carbocycles. The minimum Gasteiger partial charge on any atom is -0.493 e. The Morgan fingerprint density at radius 1 is 1.05 bits per heavy atom. The molecule has 0 bridgehead atoms. The number of amides is 2. The Kier molecular flexibility index (Phi) is 9.54. The normalized spacial score (nSPS) is 14.1. The second-order valence-corrected chi connectivity index (χ2v) is 12.7. The fraction of sp³-hybridized carbons (Fsp3) is 0.424. The molecule has 3 aromatic rings. The number of aromatic nitrogens is 1. The van der Waals surface area contributed by atoms with Crippen LogP contribution in [-0.2, 0) is 10.3 Å². The Bertz CT molecular complexity index is 1500. The van der Waals surface area contributed by atoms with E-state index in [-0.39, 0.29) is 29.5 Å². The van der Waals surface area contributed by atoms with Crippen molar-refractivity contribution < 1.29 is 28.2 Å². The number of nitrogens with one attached hydrogen (secondary N) is 2. The molecular weight excluding hydrogens is 573 g/mol. The zero-order valence-electron chi connectivity index (χ0n) is 25.6. The van der Waals surface area contributed by atoms with Gasteiger partial charge in [-0.3, -0.25) is 9.78 Å². The maximum Gasteiger partial charge on any atom is 0.408 e. The molecule has 2 amide bonds. The Morgan fingerprint density at radius 2 is 1.77 bits per heavy atom. The predicted octanol–water partition coefficient (Wildman–Crippen LogP) is 7.38. The monoisotopic (exact) mass is 611 g/mol. The van der Waals surface area contributed by atoms with E-state index in [1.54, 1.807) is 52.1 Å². The van der Waals surface area contributed by atoms with Crippen LogP contribution in [-0.4, -0.2) is 42.3 Å². The van der Waals surface area contributed by atoms with Crippen molar-refractivity contribution in [3.8, 4) is 22.8 Å². The van der Waals surface area contributed by atoms with Gasteiger partial charge in [-0.05, 0) is 102 Å². The molecule has 1 aromatic heterocycles. The molecule has 4 rings (SSSR count). The van der Waals surface area contributed by atoms with Gasteiger partial charge in [0.2, 0.25) is 0 Å². The zero-order valence-corrected chi connectivity index (χ0v) is 26.4. The SMILES string of the molecule is COc1cc(C(=O)NCC(C)c2cc(C(C)(C)NC(=O)OC(C)(C)C)cc(-c3ccc(F)c(Cl)c3)n2)ccc1OC1CC1. The van der Waals surface area contributed by atoms with Gasteiger partial charge in [-0.25, -0.2) is 9.18 Å². The number of methoxy groups -OCH3 is 1. The van der Waals surface area contributed by atoms with Crippen molar-refractivity contribution in [2.24, 2.45) is 0 Å². The lowest BCUT2D eigenvalue weighted by molar-refractivity contribution is 0.0470. The topological polar surface area (TPSA) is 98.8 Å². The van der Waals surface area contributed by atoms with Gasteiger partial charge in [0.05, 0.1) is 29.5 Å². The molecule has 230 valence electrons. The van der Waals surface area contributed by atoms with Crippen molar-refractivity contribution in [2.45, 2.75) is 77.5 Å². The molecule has 2 N–H and O–H groups in total. The lowest BCUT2D eigenvalue weighted by atomic mass is 9.91. The summed E-state index contributed by atoms with van der Waals surface area (Å²) >= 11 is 6.09. The van der Waals surface area contributed by atoms with Crippen LogP contribution in [0.3, 0.4) is 0 Å². The van der Waals surface area contributed by atoms with Crippen molar-refractivity contribution >= 4 is 23.6 Å². The molecule has 8 nitrogen and oxygen atoms in total. The zero-order chi connectivity index (χ0) is 31.5. The number of halogens is 2. The number of ether oxygens (including phenoxy) is 3. The Hall–Kier alpha value is -3.85. The highest BCUT2D eigenvalue weighted by Gasteiger charge is 2.29. The quantitative estimate of drug-likeness (QED) is 0.248. The van der Waals surface area contributed by atoms with E-state index in [0.717, 1.165) is 18.4 Å². The number of hydrogen-bond donors (Lipinski definition) is 2. The fourth-order valence-corrected chi connectivity index (χ4v) is 4.50. The van der Waals surface area contributed by atoms with Crippen LogP contribution >= 0.6 is 11.6 Å². The maximum absolute atomic E-state index is 13.9. The fourth-order valence-electron chi connectivity index (χ4n) is 4.32. The van der Waals surface area contributed by atoms with Gasteiger partial charge < -0.3 is 24.8 Å². The summed E-state index contributed by atoms with van der Waals surface area (Å²) in [5.74, 6) is 0.0943. The first-order chi connectivity index (χ1) is 20.1. The van der Waals surface area contributed by atoms with Gasteiger partial charge in [-0.15, -0.1) is 0 Å². The van der Waals surface area contributed by atoms with Crippen LogP contribution in [0.5, 0.6) is 11.5 Å². The van der Waals surface area contributed by atoms with Crippen LogP contribution in [0.4, 0.5) is 9.18 Å². The summed E-state index contributed by atoms with van der Waals surface area (Å²) in [4.78, 5) is 30.6. The molecule has 10 heteroatoms. The second kappa shape index (κ2) is 12.8. The van der Waals surface area contributed by atoms with E-state index in [1.807, 2.05) is 32.9 Å². The summed E-state index contributed by atoms with van der Waals surface area (Å²) in [5.41, 5.74) is 1.48. The predicted molar refractivity (Wildman–Crippen MR) is 164 cm³/mol. The number of nitrogens with zero attached hydrogens (tertiary/aromatic N) is 1. The Labute approximate surface area is 257 Å². The molecular formula is C33H39ClFN3O5. The van der Waals surface area contributed by atoms with Gasteiger partial charge in [0, 0.05) is 29.3 Å². The van der Waals surface area contributed by atoms with E-state index in [2.05, 4.69) is 10.6 Å². The van der Waals surface area contributed by atoms with Crippen molar-refractivity contribution in [3.63, 3.8) is 0 Å². The molecule has 0 aliphatic heterocycles. The van der Waals surface area contributed by atoms with E-state index in [9.17, 15) is 14.0 Å². The largest absolute Gasteiger partial charge is 0.493 e. The maximum atomic E-state index is 13.9. The summed E-state index contributed by atoms with van der Waals surface area (Å²) in [6.07, 6.45) is 1.68. The summed E-state index contributed by atoms with van der Waals surface area (Å²) in [5, 5.41) is 5.88. The highest BCUT2D eigenvalue weighted by atomic mass is 35.5. The molecule has 1 atom stereocenters. The van der Waals surface area contributed by atoms with Crippen LogP contribution in [0.25, 0.3) is 11.3 Å². The van der Waals surface area contributed by atoms with Crippen molar-refractivity contribution in [2.75, 3.05) is 13.7 Å². The van der Waals surface area contributed by atoms with Gasteiger partial charge >= 0.3 is 6.09 Å². The highest BCUT2D eigenvalue weighted by Crippen LogP contribution is 2.34. The summed E-state index contributed by atoms with van der Waals surface area (Å²) in [6.45, 7) is 11.3. The van der Waals surface area contributed by atoms with Gasteiger partial charge in [0.15, 0.2) is 11.5 Å². The van der Waals surface area contributed by atoms with Gasteiger partial charge in [-0.2, -0.15) is 0 Å². The summed E-state index contributed by atoms with van der Waals surface area (Å²) in [7, 11) is 1.54. The van der Waals surface area contributed by atoms with Crippen LogP contribution < -0.4 is 20.1 Å². The average molecular weight is 612 g/mol. The van der Waals surface area contributed by atoms with E-state index in [1.165, 1.54) is 12.1 Å². The smallest absolute Gasteiger partial charge is 0.408 e. The van der Waals surface area contributed by atoms with E-state index >= 15 is 0 Å². The van der Waals surface area contributed by atoms with E-state index in [4.69, 9.17) is 30.8 Å². The Morgan fingerprint density at radius 3 is 2.40 bits per heavy atom. The van der Waals surface area contributed by atoms with Gasteiger partial charge in [0.1, 0.15) is 11.4 Å². The average Bonchev–Trinajstić information content (AvgIpc) is 3.75. The molecule has 1 heterocycles. The summed E-state index contributed by atoms with van der Waals surface area (Å²) < 4.78 is 30.7. The first-order valence-corrected chi connectivity index (χ1v) is 14.6. The lowest BCUT2D eigenvalue weighted by Crippen LogP contribution is -2.44. The molecule has 0 radical (unpaired) electrons. The molecule has 0 spiro atoms. The first kappa shape index (κ1) is 32.1. The third kappa shape index (κ3) is 8.60. The van der Waals surface area contributed by atoms with Crippen LogP contribution in [0.2, 0.25) is 5.02 Å². The first-order valence-electron chi connectivity index (χ1n) is 14.3.